The van der Waals surface area contributed by atoms with Gasteiger partial charge < -0.3 is 9.47 Å². The van der Waals surface area contributed by atoms with Crippen LogP contribution in [0, 0.1) is 5.92 Å². The molecule has 0 rings (SSSR count). The molecule has 0 aromatic carbocycles. The number of hydrogen-bond acceptors (Lipinski definition) is 4. The van der Waals surface area contributed by atoms with Crippen molar-refractivity contribution in [3.8, 4) is 0 Å². The molecule has 0 aliphatic carbocycles. The van der Waals surface area contributed by atoms with Crippen LogP contribution >= 0.6 is 0 Å². The summed E-state index contributed by atoms with van der Waals surface area (Å²) < 4.78 is 11.0. The van der Waals surface area contributed by atoms with Crippen LogP contribution in [0.1, 0.15) is 13.8 Å². The third kappa shape index (κ3) is 2.55. The van der Waals surface area contributed by atoms with Crippen molar-refractivity contribution < 1.29 is 14.3 Å². The molecule has 0 aromatic rings. The van der Waals surface area contributed by atoms with Crippen LogP contribution in [0.5, 0.6) is 0 Å². The Labute approximate surface area is 89.9 Å². The molecule has 86 valence electrons. The van der Waals surface area contributed by atoms with Gasteiger partial charge in [0.15, 0.2) is 0 Å². The van der Waals surface area contributed by atoms with Gasteiger partial charge in [-0.25, -0.2) is 0 Å². The zero-order chi connectivity index (χ0) is 11.2. The van der Waals surface area contributed by atoms with E-state index in [9.17, 15) is 0 Å². The minimum atomic E-state index is -0.745. The van der Waals surface area contributed by atoms with E-state index >= 15 is 0 Å². The van der Waals surface area contributed by atoms with E-state index in [1.807, 2.05) is 6.92 Å². The van der Waals surface area contributed by atoms with Crippen LogP contribution in [0.3, 0.4) is 0 Å². The average Bonchev–Trinajstić information content (AvgIpc) is 2.25. The van der Waals surface area contributed by atoms with Crippen molar-refractivity contribution in [1.29, 1.82) is 0 Å². The lowest BCUT2D eigenvalue weighted by atomic mass is 10.1. The molecule has 1 atom stereocenters. The SMILES string of the molecule is CCN(OC)C(OC)(OC)C(C)C[SiH3]. The van der Waals surface area contributed by atoms with Gasteiger partial charge in [-0.3, -0.25) is 4.84 Å². The van der Waals surface area contributed by atoms with Gasteiger partial charge in [0.05, 0.1) is 7.11 Å². The normalized spacial score (nSPS) is 15.0. The fraction of sp³-hybridized carbons (Fsp3) is 1.00. The van der Waals surface area contributed by atoms with Gasteiger partial charge in [0.25, 0.3) is 5.91 Å². The highest BCUT2D eigenvalue weighted by Crippen LogP contribution is 2.28. The summed E-state index contributed by atoms with van der Waals surface area (Å²) in [5.41, 5.74) is 0. The summed E-state index contributed by atoms with van der Waals surface area (Å²) in [6.07, 6.45) is 0. The van der Waals surface area contributed by atoms with Crippen LogP contribution in [0.2, 0.25) is 6.04 Å². The molecule has 0 spiro atoms. The van der Waals surface area contributed by atoms with Crippen LogP contribution in [0.15, 0.2) is 0 Å². The maximum Gasteiger partial charge on any atom is 0.253 e. The van der Waals surface area contributed by atoms with E-state index in [0.29, 0.717) is 5.92 Å². The summed E-state index contributed by atoms with van der Waals surface area (Å²) in [7, 11) is 6.06. The Morgan fingerprint density at radius 2 is 1.79 bits per heavy atom. The Balaban J connectivity index is 4.83. The highest BCUT2D eigenvalue weighted by Gasteiger charge is 2.42. The molecule has 0 saturated carbocycles. The smallest absolute Gasteiger partial charge is 0.253 e. The van der Waals surface area contributed by atoms with E-state index in [2.05, 4.69) is 6.92 Å². The molecule has 0 bridgehead atoms. The summed E-state index contributed by atoms with van der Waals surface area (Å²) in [6, 6.07) is 1.10. The molecule has 0 radical (unpaired) electrons. The van der Waals surface area contributed by atoms with Crippen molar-refractivity contribution in [3.05, 3.63) is 0 Å². The monoisotopic (exact) mass is 221 g/mol. The number of ether oxygens (including phenoxy) is 2. The minimum Gasteiger partial charge on any atom is -0.339 e. The zero-order valence-corrected chi connectivity index (χ0v) is 12.2. The molecule has 0 saturated heterocycles. The summed E-state index contributed by atoms with van der Waals surface area (Å²) in [5, 5.41) is 1.73. The largest absolute Gasteiger partial charge is 0.339 e. The topological polar surface area (TPSA) is 30.9 Å². The number of rotatable bonds is 7. The van der Waals surface area contributed by atoms with Gasteiger partial charge in [0.2, 0.25) is 0 Å². The maximum absolute atomic E-state index is 5.48. The Hall–Kier alpha value is 0.0569. The Morgan fingerprint density at radius 3 is 2.00 bits per heavy atom. The van der Waals surface area contributed by atoms with E-state index in [0.717, 1.165) is 22.8 Å². The molecule has 0 aliphatic heterocycles. The first kappa shape index (κ1) is 14.1. The van der Waals surface area contributed by atoms with Gasteiger partial charge in [-0.15, -0.1) is 5.06 Å². The van der Waals surface area contributed by atoms with E-state index in [-0.39, 0.29) is 0 Å². The van der Waals surface area contributed by atoms with Crippen molar-refractivity contribution in [1.82, 2.24) is 5.06 Å². The molecule has 0 heterocycles. The molecule has 0 aliphatic rings. The number of methoxy groups -OCH3 is 2. The van der Waals surface area contributed by atoms with Crippen molar-refractivity contribution in [2.45, 2.75) is 25.8 Å². The Kier molecular flexibility index (Phi) is 6.55. The molecular weight excluding hydrogens is 198 g/mol. The standard InChI is InChI=1S/C9H23NO3Si/c1-6-10(13-5)9(11-3,12-4)8(2)7-14/h8H,6-7H2,1-5,14H3. The summed E-state index contributed by atoms with van der Waals surface area (Å²) in [4.78, 5) is 5.27. The lowest BCUT2D eigenvalue weighted by molar-refractivity contribution is -0.403. The molecule has 1 unspecified atom stereocenters. The number of hydrogen-bond donors (Lipinski definition) is 0. The fourth-order valence-corrected chi connectivity index (χ4v) is 2.19. The molecule has 5 heteroatoms. The number of hydroxylamine groups is 2. The second-order valence-electron chi connectivity index (χ2n) is 3.23. The van der Waals surface area contributed by atoms with E-state index in [1.165, 1.54) is 0 Å². The van der Waals surface area contributed by atoms with Gasteiger partial charge >= 0.3 is 0 Å². The summed E-state index contributed by atoms with van der Waals surface area (Å²) in [6.45, 7) is 4.85. The van der Waals surface area contributed by atoms with Gasteiger partial charge in [0.1, 0.15) is 0 Å². The van der Waals surface area contributed by atoms with Crippen LogP contribution in [0.25, 0.3) is 0 Å². The lowest BCUT2D eigenvalue weighted by Gasteiger charge is -2.42. The molecule has 14 heavy (non-hydrogen) atoms. The Bertz CT molecular complexity index is 149. The number of nitrogens with zero attached hydrogens (tertiary/aromatic N) is 1. The molecule has 0 amide bonds. The van der Waals surface area contributed by atoms with Gasteiger partial charge in [-0.2, -0.15) is 0 Å². The molecule has 0 N–H and O–H groups in total. The first-order valence-corrected chi connectivity index (χ1v) is 6.46. The van der Waals surface area contributed by atoms with Crippen molar-refractivity contribution in [2.75, 3.05) is 27.9 Å². The average molecular weight is 221 g/mol. The molecule has 0 fully saturated rings. The minimum absolute atomic E-state index is 0.295. The van der Waals surface area contributed by atoms with Gasteiger partial charge in [-0.1, -0.05) is 13.0 Å². The molecule has 0 aromatic heterocycles. The first-order valence-electron chi connectivity index (χ1n) is 5.04. The predicted molar refractivity (Wildman–Crippen MR) is 60.0 cm³/mol. The van der Waals surface area contributed by atoms with Crippen LogP contribution in [-0.4, -0.2) is 49.1 Å². The zero-order valence-electron chi connectivity index (χ0n) is 10.2. The van der Waals surface area contributed by atoms with Crippen molar-refractivity contribution in [3.63, 3.8) is 0 Å². The van der Waals surface area contributed by atoms with Crippen LogP contribution in [0.4, 0.5) is 0 Å². The molecule has 4 nitrogen and oxygen atoms in total. The second kappa shape index (κ2) is 6.52. The van der Waals surface area contributed by atoms with Crippen molar-refractivity contribution in [2.24, 2.45) is 5.92 Å². The fourth-order valence-electron chi connectivity index (χ4n) is 1.67. The van der Waals surface area contributed by atoms with Crippen molar-refractivity contribution >= 4 is 10.2 Å². The van der Waals surface area contributed by atoms with E-state index < -0.39 is 5.91 Å². The highest BCUT2D eigenvalue weighted by atomic mass is 28.1. The quantitative estimate of drug-likeness (QED) is 0.350. The highest BCUT2D eigenvalue weighted by molar-refractivity contribution is 6.08. The first-order chi connectivity index (χ1) is 6.62. The van der Waals surface area contributed by atoms with Gasteiger partial charge in [-0.05, 0) is 6.92 Å². The lowest BCUT2D eigenvalue weighted by Crippen LogP contribution is -2.55. The van der Waals surface area contributed by atoms with Crippen LogP contribution < -0.4 is 0 Å². The Morgan fingerprint density at radius 1 is 1.29 bits per heavy atom. The second-order valence-corrected chi connectivity index (χ2v) is 4.04. The summed E-state index contributed by atoms with van der Waals surface area (Å²) >= 11 is 0. The van der Waals surface area contributed by atoms with Gasteiger partial charge in [0, 0.05) is 36.9 Å². The third-order valence-corrected chi connectivity index (χ3v) is 3.90. The summed E-state index contributed by atoms with van der Waals surface area (Å²) in [5.74, 6) is -0.449. The maximum atomic E-state index is 5.48. The van der Waals surface area contributed by atoms with Crippen LogP contribution in [-0.2, 0) is 14.3 Å². The van der Waals surface area contributed by atoms with E-state index in [4.69, 9.17) is 14.3 Å². The predicted octanol–water partition coefficient (Wildman–Crippen LogP) is 0.236. The third-order valence-electron chi connectivity index (χ3n) is 2.68. The van der Waals surface area contributed by atoms with E-state index in [1.54, 1.807) is 26.4 Å². The molecular formula is C9H23NO3Si.